The Balaban J connectivity index is 1.59. The second-order valence-corrected chi connectivity index (χ2v) is 8.02. The topological polar surface area (TPSA) is 65.4 Å². The van der Waals surface area contributed by atoms with Crippen LogP contribution in [0.25, 0.3) is 11.8 Å². The number of amides is 1. The van der Waals surface area contributed by atoms with Crippen LogP contribution >= 0.6 is 23.4 Å². The fraction of sp³-hybridized carbons (Fsp3) is 0.182. The third-order valence-corrected chi connectivity index (χ3v) is 5.89. The molecule has 0 unspecified atom stereocenters. The van der Waals surface area contributed by atoms with Crippen LogP contribution in [0.2, 0.25) is 5.02 Å². The number of benzene rings is 2. The minimum absolute atomic E-state index is 0.243. The average Bonchev–Trinajstić information content (AvgIpc) is 3.34. The number of carbonyl (C=O) groups excluding carboxylic acids is 1. The van der Waals surface area contributed by atoms with Crippen LogP contribution in [-0.2, 0) is 16.3 Å². The first-order valence-electron chi connectivity index (χ1n) is 9.24. The SMILES string of the molecule is COc1ccc(/C=C/C(=O)Nc2c3c(nn2-c2cccc(Cl)c2)CSC3)cc1OC. The molecule has 4 rings (SSSR count). The second-order valence-electron chi connectivity index (χ2n) is 6.60. The highest BCUT2D eigenvalue weighted by molar-refractivity contribution is 7.98. The molecule has 0 aliphatic carbocycles. The van der Waals surface area contributed by atoms with E-state index in [-0.39, 0.29) is 5.91 Å². The minimum Gasteiger partial charge on any atom is -0.493 e. The van der Waals surface area contributed by atoms with E-state index >= 15 is 0 Å². The van der Waals surface area contributed by atoms with E-state index in [1.807, 2.05) is 36.4 Å². The van der Waals surface area contributed by atoms with Gasteiger partial charge in [-0.05, 0) is 42.0 Å². The van der Waals surface area contributed by atoms with Crippen LogP contribution in [0.4, 0.5) is 5.82 Å². The number of nitrogens with one attached hydrogen (secondary N) is 1. The zero-order valence-corrected chi connectivity index (χ0v) is 18.1. The Kier molecular flexibility index (Phi) is 6.01. The predicted octanol–water partition coefficient (Wildman–Crippen LogP) is 4.94. The Bertz CT molecular complexity index is 1130. The standard InChI is InChI=1S/C22H20ClN3O3S/c1-28-19-8-6-14(10-20(19)29-2)7-9-21(27)24-22-17-12-30-13-18(17)25-26(22)16-5-3-4-15(23)11-16/h3-11H,12-13H2,1-2H3,(H,24,27)/b9-7+. The van der Waals surface area contributed by atoms with Crippen LogP contribution < -0.4 is 14.8 Å². The third kappa shape index (κ3) is 4.17. The van der Waals surface area contributed by atoms with Gasteiger partial charge in [0.2, 0.25) is 5.91 Å². The maximum absolute atomic E-state index is 12.7. The van der Waals surface area contributed by atoms with Gasteiger partial charge in [0.25, 0.3) is 0 Å². The van der Waals surface area contributed by atoms with Crippen LogP contribution in [-0.4, -0.2) is 29.9 Å². The van der Waals surface area contributed by atoms with Gasteiger partial charge in [-0.2, -0.15) is 16.9 Å². The lowest BCUT2D eigenvalue weighted by Gasteiger charge is -2.10. The van der Waals surface area contributed by atoms with Crippen molar-refractivity contribution in [3.05, 3.63) is 70.4 Å². The number of fused-ring (bicyclic) bond motifs is 1. The maximum atomic E-state index is 12.7. The van der Waals surface area contributed by atoms with Gasteiger partial charge >= 0.3 is 0 Å². The lowest BCUT2D eigenvalue weighted by atomic mass is 10.2. The summed E-state index contributed by atoms with van der Waals surface area (Å²) in [7, 11) is 3.16. The largest absolute Gasteiger partial charge is 0.493 e. The average molecular weight is 442 g/mol. The molecule has 2 heterocycles. The molecule has 30 heavy (non-hydrogen) atoms. The highest BCUT2D eigenvalue weighted by Crippen LogP contribution is 2.36. The highest BCUT2D eigenvalue weighted by Gasteiger charge is 2.24. The van der Waals surface area contributed by atoms with Gasteiger partial charge in [-0.25, -0.2) is 4.68 Å². The maximum Gasteiger partial charge on any atom is 0.249 e. The van der Waals surface area contributed by atoms with Gasteiger partial charge in [0.05, 0.1) is 25.6 Å². The molecular weight excluding hydrogens is 422 g/mol. The van der Waals surface area contributed by atoms with E-state index in [0.29, 0.717) is 22.3 Å². The van der Waals surface area contributed by atoms with Crippen molar-refractivity contribution in [3.8, 4) is 17.2 Å². The molecule has 0 fully saturated rings. The van der Waals surface area contributed by atoms with Crippen LogP contribution in [0, 0.1) is 0 Å². The molecule has 6 nitrogen and oxygen atoms in total. The van der Waals surface area contributed by atoms with Gasteiger partial charge in [-0.3, -0.25) is 4.79 Å². The molecule has 0 radical (unpaired) electrons. The number of nitrogens with zero attached hydrogens (tertiary/aromatic N) is 2. The van der Waals surface area contributed by atoms with Crippen LogP contribution in [0.15, 0.2) is 48.5 Å². The molecule has 1 aliphatic heterocycles. The molecule has 8 heteroatoms. The lowest BCUT2D eigenvalue weighted by molar-refractivity contribution is -0.111. The predicted molar refractivity (Wildman–Crippen MR) is 121 cm³/mol. The number of hydrogen-bond donors (Lipinski definition) is 1. The monoisotopic (exact) mass is 441 g/mol. The summed E-state index contributed by atoms with van der Waals surface area (Å²) >= 11 is 7.93. The van der Waals surface area contributed by atoms with E-state index in [2.05, 4.69) is 10.4 Å². The Labute approximate surface area is 183 Å². The molecule has 1 aromatic heterocycles. The zero-order valence-electron chi connectivity index (χ0n) is 16.5. The molecule has 1 amide bonds. The number of thioether (sulfide) groups is 1. The second kappa shape index (κ2) is 8.85. The van der Waals surface area contributed by atoms with Crippen molar-refractivity contribution in [2.45, 2.75) is 11.5 Å². The first-order valence-corrected chi connectivity index (χ1v) is 10.8. The van der Waals surface area contributed by atoms with Gasteiger partial charge in [0.15, 0.2) is 11.5 Å². The quantitative estimate of drug-likeness (QED) is 0.549. The molecule has 1 N–H and O–H groups in total. The highest BCUT2D eigenvalue weighted by atomic mass is 35.5. The third-order valence-electron chi connectivity index (χ3n) is 4.68. The van der Waals surface area contributed by atoms with Crippen LogP contribution in [0.5, 0.6) is 11.5 Å². The Morgan fingerprint density at radius 2 is 2.00 bits per heavy atom. The molecule has 0 atom stereocenters. The van der Waals surface area contributed by atoms with E-state index < -0.39 is 0 Å². The molecule has 0 spiro atoms. The number of rotatable bonds is 6. The number of hydrogen-bond acceptors (Lipinski definition) is 5. The number of ether oxygens (including phenoxy) is 2. The zero-order chi connectivity index (χ0) is 21.1. The number of methoxy groups -OCH3 is 2. The summed E-state index contributed by atoms with van der Waals surface area (Å²) in [4.78, 5) is 12.7. The summed E-state index contributed by atoms with van der Waals surface area (Å²) in [5.74, 6) is 3.32. The normalized spacial score (nSPS) is 12.8. The number of carbonyl (C=O) groups is 1. The Hall–Kier alpha value is -2.90. The minimum atomic E-state index is -0.243. The molecule has 0 saturated heterocycles. The molecule has 0 saturated carbocycles. The van der Waals surface area contributed by atoms with E-state index in [0.717, 1.165) is 34.0 Å². The van der Waals surface area contributed by atoms with Crippen LogP contribution in [0.1, 0.15) is 16.8 Å². The molecule has 2 aromatic carbocycles. The fourth-order valence-electron chi connectivity index (χ4n) is 3.22. The summed E-state index contributed by atoms with van der Waals surface area (Å²) in [5, 5.41) is 8.29. The number of anilines is 1. The van der Waals surface area contributed by atoms with Gasteiger partial charge in [-0.1, -0.05) is 23.7 Å². The first-order chi connectivity index (χ1) is 14.6. The summed E-state index contributed by atoms with van der Waals surface area (Å²) in [6.07, 6.45) is 3.22. The first kappa shape index (κ1) is 20.4. The van der Waals surface area contributed by atoms with Crippen molar-refractivity contribution in [3.63, 3.8) is 0 Å². The summed E-state index contributed by atoms with van der Waals surface area (Å²) < 4.78 is 12.3. The molecule has 3 aromatic rings. The fourth-order valence-corrected chi connectivity index (χ4v) is 4.44. The molecule has 0 bridgehead atoms. The smallest absolute Gasteiger partial charge is 0.249 e. The Morgan fingerprint density at radius 3 is 2.77 bits per heavy atom. The molecule has 154 valence electrons. The molecule has 1 aliphatic rings. The number of halogens is 1. The van der Waals surface area contributed by atoms with Gasteiger partial charge in [0.1, 0.15) is 5.82 Å². The lowest BCUT2D eigenvalue weighted by Crippen LogP contribution is -2.13. The van der Waals surface area contributed by atoms with E-state index in [1.54, 1.807) is 42.8 Å². The molecular formula is C22H20ClN3O3S. The van der Waals surface area contributed by atoms with Crippen LogP contribution in [0.3, 0.4) is 0 Å². The van der Waals surface area contributed by atoms with Gasteiger partial charge in [-0.15, -0.1) is 0 Å². The van der Waals surface area contributed by atoms with Crippen molar-refractivity contribution in [2.75, 3.05) is 19.5 Å². The van der Waals surface area contributed by atoms with Crippen molar-refractivity contribution < 1.29 is 14.3 Å². The van der Waals surface area contributed by atoms with E-state index in [4.69, 9.17) is 21.1 Å². The Morgan fingerprint density at radius 1 is 1.17 bits per heavy atom. The summed E-state index contributed by atoms with van der Waals surface area (Å²) in [6, 6.07) is 12.9. The van der Waals surface area contributed by atoms with Gasteiger partial charge in [0, 0.05) is 28.2 Å². The van der Waals surface area contributed by atoms with E-state index in [9.17, 15) is 4.79 Å². The summed E-state index contributed by atoms with van der Waals surface area (Å²) in [5.41, 5.74) is 3.67. The summed E-state index contributed by atoms with van der Waals surface area (Å²) in [6.45, 7) is 0. The van der Waals surface area contributed by atoms with Crippen molar-refractivity contribution in [1.82, 2.24) is 9.78 Å². The number of aromatic nitrogens is 2. The van der Waals surface area contributed by atoms with Crippen molar-refractivity contribution in [1.29, 1.82) is 0 Å². The van der Waals surface area contributed by atoms with Crippen molar-refractivity contribution in [2.24, 2.45) is 0 Å². The van der Waals surface area contributed by atoms with Gasteiger partial charge < -0.3 is 14.8 Å². The van der Waals surface area contributed by atoms with Crippen molar-refractivity contribution >= 4 is 41.2 Å². The van der Waals surface area contributed by atoms with E-state index in [1.165, 1.54) is 6.08 Å².